The van der Waals surface area contributed by atoms with Gasteiger partial charge < -0.3 is 8.83 Å². The van der Waals surface area contributed by atoms with Crippen LogP contribution in [0, 0.1) is 0 Å². The van der Waals surface area contributed by atoms with Gasteiger partial charge in [-0.3, -0.25) is 4.57 Å². The summed E-state index contributed by atoms with van der Waals surface area (Å²) in [6, 6.07) is 43.8. The first-order chi connectivity index (χ1) is 21.3. The molecule has 0 atom stereocenters. The Kier molecular flexibility index (Phi) is 4.39. The molecule has 6 aromatic carbocycles. The predicted molar refractivity (Wildman–Crippen MR) is 174 cm³/mol. The molecule has 10 rings (SSSR count). The van der Waals surface area contributed by atoms with E-state index in [1.807, 2.05) is 48.5 Å². The lowest BCUT2D eigenvalue weighted by Gasteiger charge is -2.10. The number of nitrogens with zero attached hydrogens (tertiary/aromatic N) is 3. The minimum Gasteiger partial charge on any atom is -0.455 e. The van der Waals surface area contributed by atoms with Crippen LogP contribution < -0.4 is 0 Å². The summed E-state index contributed by atoms with van der Waals surface area (Å²) in [5.41, 5.74) is 6.78. The van der Waals surface area contributed by atoms with Gasteiger partial charge in [0.05, 0.1) is 16.6 Å². The van der Waals surface area contributed by atoms with E-state index in [4.69, 9.17) is 18.8 Å². The molecule has 5 nitrogen and oxygen atoms in total. The summed E-state index contributed by atoms with van der Waals surface area (Å²) in [4.78, 5) is 10.5. The number of furan rings is 2. The molecule has 0 saturated carbocycles. The molecule has 200 valence electrons. The molecule has 0 aliphatic heterocycles. The zero-order chi connectivity index (χ0) is 28.1. The highest BCUT2D eigenvalue weighted by Crippen LogP contribution is 2.40. The zero-order valence-electron chi connectivity index (χ0n) is 22.8. The third kappa shape index (κ3) is 3.11. The highest BCUT2D eigenvalue weighted by molar-refractivity contribution is 6.15. The fraction of sp³-hybridized carbons (Fsp3) is 0. The largest absolute Gasteiger partial charge is 0.455 e. The van der Waals surface area contributed by atoms with Crippen LogP contribution in [0.4, 0.5) is 0 Å². The molecule has 4 aromatic heterocycles. The lowest BCUT2D eigenvalue weighted by molar-refractivity contribution is 0.661. The van der Waals surface area contributed by atoms with Gasteiger partial charge in [0.2, 0.25) is 0 Å². The standard InChI is InChI=1S/C38H21N3O2/c1-2-11-23-21-31-29(20-22(23)10-1)24-12-3-6-17-30(24)41(31)38-36-34(27-14-5-8-19-33(27)43-36)39-37(40-38)28-16-9-15-26-25-13-4-7-18-32(25)42-35(26)28/h1-21H. The Morgan fingerprint density at radius 2 is 1.12 bits per heavy atom. The number of aromatic nitrogens is 3. The Labute approximate surface area is 244 Å². The maximum absolute atomic E-state index is 6.55. The van der Waals surface area contributed by atoms with Crippen molar-refractivity contribution < 1.29 is 8.83 Å². The molecule has 0 amide bonds. The maximum atomic E-state index is 6.55. The molecule has 0 aliphatic rings. The molecule has 0 radical (unpaired) electrons. The van der Waals surface area contributed by atoms with Gasteiger partial charge in [-0.25, -0.2) is 9.97 Å². The van der Waals surface area contributed by atoms with E-state index in [1.54, 1.807) is 0 Å². The van der Waals surface area contributed by atoms with Gasteiger partial charge in [0.15, 0.2) is 17.2 Å². The first-order valence-corrected chi connectivity index (χ1v) is 14.3. The van der Waals surface area contributed by atoms with Crippen LogP contribution in [-0.2, 0) is 0 Å². The van der Waals surface area contributed by atoms with Gasteiger partial charge in [-0.05, 0) is 53.2 Å². The number of fused-ring (bicyclic) bond motifs is 10. The average Bonchev–Trinajstić information content (AvgIpc) is 3.73. The summed E-state index contributed by atoms with van der Waals surface area (Å²) in [6.45, 7) is 0. The van der Waals surface area contributed by atoms with Crippen molar-refractivity contribution in [2.24, 2.45) is 0 Å². The van der Waals surface area contributed by atoms with E-state index in [-0.39, 0.29) is 0 Å². The number of benzene rings is 6. The molecule has 10 aromatic rings. The minimum absolute atomic E-state index is 0.588. The van der Waals surface area contributed by atoms with E-state index < -0.39 is 0 Å². The van der Waals surface area contributed by atoms with E-state index in [2.05, 4.69) is 83.4 Å². The normalized spacial score (nSPS) is 12.2. The van der Waals surface area contributed by atoms with Gasteiger partial charge in [0.25, 0.3) is 0 Å². The molecule has 0 unspecified atom stereocenters. The monoisotopic (exact) mass is 551 g/mol. The second kappa shape index (κ2) is 8.30. The van der Waals surface area contributed by atoms with Crippen molar-refractivity contribution in [3.8, 4) is 17.2 Å². The smallest absolute Gasteiger partial charge is 0.197 e. The van der Waals surface area contributed by atoms with E-state index in [9.17, 15) is 0 Å². The van der Waals surface area contributed by atoms with Crippen molar-refractivity contribution in [1.82, 2.24) is 14.5 Å². The Bertz CT molecular complexity index is 2750. The second-order valence-electron chi connectivity index (χ2n) is 11.0. The Balaban J connectivity index is 1.38. The van der Waals surface area contributed by atoms with Crippen molar-refractivity contribution in [3.63, 3.8) is 0 Å². The summed E-state index contributed by atoms with van der Waals surface area (Å²) in [6.07, 6.45) is 0. The van der Waals surface area contributed by atoms with E-state index >= 15 is 0 Å². The molecule has 5 heteroatoms. The third-order valence-corrected chi connectivity index (χ3v) is 8.60. The van der Waals surface area contributed by atoms with Crippen molar-refractivity contribution in [1.29, 1.82) is 0 Å². The van der Waals surface area contributed by atoms with Gasteiger partial charge in [-0.1, -0.05) is 84.9 Å². The van der Waals surface area contributed by atoms with Crippen LogP contribution in [0.25, 0.3) is 93.8 Å². The fourth-order valence-electron chi connectivity index (χ4n) is 6.66. The summed E-state index contributed by atoms with van der Waals surface area (Å²) in [5, 5.41) is 7.76. The lowest BCUT2D eigenvalue weighted by atomic mass is 10.1. The van der Waals surface area contributed by atoms with Crippen molar-refractivity contribution in [2.45, 2.75) is 0 Å². The Morgan fingerprint density at radius 3 is 1.98 bits per heavy atom. The van der Waals surface area contributed by atoms with Crippen molar-refractivity contribution in [2.75, 3.05) is 0 Å². The van der Waals surface area contributed by atoms with Crippen LogP contribution in [0.5, 0.6) is 0 Å². The molecule has 0 bridgehead atoms. The van der Waals surface area contributed by atoms with Gasteiger partial charge in [0, 0.05) is 26.9 Å². The van der Waals surface area contributed by atoms with Crippen molar-refractivity contribution in [3.05, 3.63) is 127 Å². The molecule has 43 heavy (non-hydrogen) atoms. The van der Waals surface area contributed by atoms with Gasteiger partial charge in [0.1, 0.15) is 22.3 Å². The van der Waals surface area contributed by atoms with E-state index in [1.165, 1.54) is 10.8 Å². The number of hydrogen-bond acceptors (Lipinski definition) is 4. The third-order valence-electron chi connectivity index (χ3n) is 8.60. The molecular formula is C38H21N3O2. The van der Waals surface area contributed by atoms with Crippen molar-refractivity contribution >= 4 is 76.6 Å². The molecule has 0 fully saturated rings. The number of rotatable bonds is 2. The van der Waals surface area contributed by atoms with Crippen LogP contribution in [0.15, 0.2) is 136 Å². The fourth-order valence-corrected chi connectivity index (χ4v) is 6.66. The average molecular weight is 552 g/mol. The first-order valence-electron chi connectivity index (χ1n) is 14.3. The highest BCUT2D eigenvalue weighted by atomic mass is 16.3. The SMILES string of the molecule is c1ccc2cc3c(cc2c1)c1ccccc1n3-c1nc(-c2cccc3c2oc2ccccc23)nc2c1oc1ccccc12. The van der Waals surface area contributed by atoms with Crippen LogP contribution >= 0.6 is 0 Å². The number of para-hydroxylation sites is 4. The van der Waals surface area contributed by atoms with Gasteiger partial charge >= 0.3 is 0 Å². The van der Waals surface area contributed by atoms with Crippen LogP contribution in [0.2, 0.25) is 0 Å². The molecular weight excluding hydrogens is 530 g/mol. The van der Waals surface area contributed by atoms with Gasteiger partial charge in [-0.15, -0.1) is 0 Å². The van der Waals surface area contributed by atoms with E-state index in [0.29, 0.717) is 17.2 Å². The molecule has 0 spiro atoms. The molecule has 0 saturated heterocycles. The molecule has 4 heterocycles. The van der Waals surface area contributed by atoms with Gasteiger partial charge in [-0.2, -0.15) is 0 Å². The maximum Gasteiger partial charge on any atom is 0.197 e. The predicted octanol–water partition coefficient (Wildman–Crippen LogP) is 10.2. The van der Waals surface area contributed by atoms with Crippen LogP contribution in [0.3, 0.4) is 0 Å². The molecule has 0 aliphatic carbocycles. The Morgan fingerprint density at radius 1 is 0.465 bits per heavy atom. The number of hydrogen-bond donors (Lipinski definition) is 0. The quantitative estimate of drug-likeness (QED) is 0.214. The summed E-state index contributed by atoms with van der Waals surface area (Å²) < 4.78 is 15.2. The Hall–Kier alpha value is -5.94. The second-order valence-corrected chi connectivity index (χ2v) is 11.0. The highest BCUT2D eigenvalue weighted by Gasteiger charge is 2.23. The zero-order valence-corrected chi connectivity index (χ0v) is 22.8. The molecule has 0 N–H and O–H groups in total. The van der Waals surface area contributed by atoms with Crippen LogP contribution in [-0.4, -0.2) is 14.5 Å². The first kappa shape index (κ1) is 22.7. The lowest BCUT2D eigenvalue weighted by Crippen LogP contribution is -2.02. The van der Waals surface area contributed by atoms with E-state index in [0.717, 1.165) is 65.8 Å². The summed E-state index contributed by atoms with van der Waals surface area (Å²) in [5.74, 6) is 1.29. The topological polar surface area (TPSA) is 57.0 Å². The minimum atomic E-state index is 0.588. The van der Waals surface area contributed by atoms with Crippen LogP contribution in [0.1, 0.15) is 0 Å². The summed E-state index contributed by atoms with van der Waals surface area (Å²) in [7, 11) is 0. The summed E-state index contributed by atoms with van der Waals surface area (Å²) >= 11 is 0.